The number of fused-ring (bicyclic) bond motifs is 2. The van der Waals surface area contributed by atoms with E-state index in [1.54, 1.807) is 0 Å². The summed E-state index contributed by atoms with van der Waals surface area (Å²) in [7, 11) is 0. The summed E-state index contributed by atoms with van der Waals surface area (Å²) in [6.07, 6.45) is 1.43. The summed E-state index contributed by atoms with van der Waals surface area (Å²) >= 11 is 0. The standard InChI is InChI=1S/C26H20N2O/c29-25(23-15-8-11-19-9-4-6-14-22(19)23)26(27-21-12-2-1-3-13-21)28-18-17-20-10-5-7-16-24(20)28/h1-18,26-27H. The maximum Gasteiger partial charge on any atom is 0.206 e. The number of nitrogens with one attached hydrogen (secondary N) is 1. The fourth-order valence-corrected chi connectivity index (χ4v) is 3.87. The van der Waals surface area contributed by atoms with Gasteiger partial charge in [0.2, 0.25) is 5.78 Å². The molecule has 5 rings (SSSR count). The molecule has 3 heteroatoms. The Hall–Kier alpha value is -3.85. The summed E-state index contributed by atoms with van der Waals surface area (Å²) in [5.41, 5.74) is 2.65. The van der Waals surface area contributed by atoms with Crippen molar-refractivity contribution in [1.29, 1.82) is 0 Å². The number of anilines is 1. The third kappa shape index (κ3) is 3.17. The predicted molar refractivity (Wildman–Crippen MR) is 119 cm³/mol. The van der Waals surface area contributed by atoms with E-state index in [9.17, 15) is 4.79 Å². The van der Waals surface area contributed by atoms with E-state index in [0.717, 1.165) is 27.4 Å². The van der Waals surface area contributed by atoms with Crippen LogP contribution in [0.1, 0.15) is 16.5 Å². The molecule has 0 bridgehead atoms. The number of hydrogen-bond acceptors (Lipinski definition) is 2. The van der Waals surface area contributed by atoms with E-state index in [-0.39, 0.29) is 5.78 Å². The number of nitrogens with zero attached hydrogens (tertiary/aromatic N) is 1. The van der Waals surface area contributed by atoms with Gasteiger partial charge in [-0.3, -0.25) is 4.79 Å². The Morgan fingerprint density at radius 3 is 2.24 bits per heavy atom. The molecule has 5 aromatic rings. The molecule has 0 saturated carbocycles. The van der Waals surface area contributed by atoms with Crippen LogP contribution >= 0.6 is 0 Å². The van der Waals surface area contributed by atoms with Gasteiger partial charge in [0.25, 0.3) is 0 Å². The van der Waals surface area contributed by atoms with E-state index in [4.69, 9.17) is 0 Å². The summed E-state index contributed by atoms with van der Waals surface area (Å²) in [5, 5.41) is 6.59. The Bertz CT molecular complexity index is 1300. The molecule has 1 unspecified atom stereocenters. The predicted octanol–water partition coefficient (Wildman–Crippen LogP) is 6.29. The van der Waals surface area contributed by atoms with Gasteiger partial charge >= 0.3 is 0 Å². The average molecular weight is 376 g/mol. The summed E-state index contributed by atoms with van der Waals surface area (Å²) in [4.78, 5) is 13.8. The molecule has 0 radical (unpaired) electrons. The van der Waals surface area contributed by atoms with Crippen LogP contribution in [0.2, 0.25) is 0 Å². The zero-order chi connectivity index (χ0) is 19.6. The van der Waals surface area contributed by atoms with Crippen LogP contribution in [0.15, 0.2) is 109 Å². The highest BCUT2D eigenvalue weighted by atomic mass is 16.1. The second-order valence-electron chi connectivity index (χ2n) is 7.09. The van der Waals surface area contributed by atoms with Crippen molar-refractivity contribution in [2.75, 3.05) is 5.32 Å². The third-order valence-electron chi connectivity index (χ3n) is 5.29. The molecule has 0 spiro atoms. The highest BCUT2D eigenvalue weighted by Gasteiger charge is 2.24. The lowest BCUT2D eigenvalue weighted by Gasteiger charge is -2.22. The number of benzene rings is 4. The maximum absolute atomic E-state index is 13.8. The Labute approximate surface area is 169 Å². The molecule has 4 aromatic carbocycles. The number of carbonyl (C=O) groups is 1. The van der Waals surface area contributed by atoms with Gasteiger partial charge in [0.1, 0.15) is 0 Å². The monoisotopic (exact) mass is 376 g/mol. The second kappa shape index (κ2) is 7.28. The molecule has 1 heterocycles. The Morgan fingerprint density at radius 1 is 0.690 bits per heavy atom. The van der Waals surface area contributed by atoms with E-state index in [2.05, 4.69) is 11.4 Å². The van der Waals surface area contributed by atoms with Crippen LogP contribution in [-0.2, 0) is 0 Å². The molecule has 1 atom stereocenters. The first-order chi connectivity index (χ1) is 14.3. The van der Waals surface area contributed by atoms with Crippen LogP contribution in [0.3, 0.4) is 0 Å². The normalized spacial score (nSPS) is 12.1. The molecule has 3 nitrogen and oxygen atoms in total. The zero-order valence-corrected chi connectivity index (χ0v) is 15.8. The van der Waals surface area contributed by atoms with Gasteiger partial charge in [0, 0.05) is 17.4 Å². The van der Waals surface area contributed by atoms with Crippen molar-refractivity contribution in [3.63, 3.8) is 0 Å². The number of carbonyl (C=O) groups excluding carboxylic acids is 1. The number of para-hydroxylation sites is 2. The molecule has 0 aliphatic rings. The van der Waals surface area contributed by atoms with E-state index in [0.29, 0.717) is 5.56 Å². The topological polar surface area (TPSA) is 34.0 Å². The molecule has 0 amide bonds. The molecule has 1 N–H and O–H groups in total. The van der Waals surface area contributed by atoms with E-state index >= 15 is 0 Å². The molecular formula is C26H20N2O. The van der Waals surface area contributed by atoms with Crippen LogP contribution in [0.25, 0.3) is 21.7 Å². The summed E-state index contributed by atoms with van der Waals surface area (Å²) in [5.74, 6) is 0.0343. The van der Waals surface area contributed by atoms with Crippen molar-refractivity contribution in [3.8, 4) is 0 Å². The van der Waals surface area contributed by atoms with Gasteiger partial charge in [-0.25, -0.2) is 0 Å². The number of aromatic nitrogens is 1. The minimum atomic E-state index is -0.553. The minimum Gasteiger partial charge on any atom is -0.358 e. The van der Waals surface area contributed by atoms with Crippen molar-refractivity contribution < 1.29 is 4.79 Å². The van der Waals surface area contributed by atoms with Crippen LogP contribution in [0.5, 0.6) is 0 Å². The maximum atomic E-state index is 13.8. The molecule has 29 heavy (non-hydrogen) atoms. The fourth-order valence-electron chi connectivity index (χ4n) is 3.87. The largest absolute Gasteiger partial charge is 0.358 e. The molecule has 0 aliphatic heterocycles. The first-order valence-corrected chi connectivity index (χ1v) is 9.70. The van der Waals surface area contributed by atoms with E-state index < -0.39 is 6.17 Å². The number of rotatable bonds is 5. The van der Waals surface area contributed by atoms with Crippen LogP contribution in [0, 0.1) is 0 Å². The molecule has 0 saturated heterocycles. The molecule has 0 fully saturated rings. The minimum absolute atomic E-state index is 0.0343. The van der Waals surface area contributed by atoms with Gasteiger partial charge in [0.05, 0.1) is 5.52 Å². The quantitative estimate of drug-likeness (QED) is 0.366. The number of ketones is 1. The lowest BCUT2D eigenvalue weighted by Crippen LogP contribution is -2.27. The highest BCUT2D eigenvalue weighted by molar-refractivity contribution is 6.10. The lowest BCUT2D eigenvalue weighted by molar-refractivity contribution is 0.0943. The average Bonchev–Trinajstić information content (AvgIpc) is 3.21. The Morgan fingerprint density at radius 2 is 1.38 bits per heavy atom. The van der Waals surface area contributed by atoms with Gasteiger partial charge in [-0.05, 0) is 40.4 Å². The Kier molecular flexibility index (Phi) is 4.34. The van der Waals surface area contributed by atoms with Crippen molar-refractivity contribution in [3.05, 3.63) is 115 Å². The number of hydrogen-bond donors (Lipinski definition) is 1. The van der Waals surface area contributed by atoms with E-state index in [1.165, 1.54) is 0 Å². The van der Waals surface area contributed by atoms with Crippen LogP contribution in [-0.4, -0.2) is 10.4 Å². The van der Waals surface area contributed by atoms with Gasteiger partial charge in [-0.15, -0.1) is 0 Å². The van der Waals surface area contributed by atoms with Gasteiger partial charge in [-0.1, -0.05) is 78.9 Å². The molecule has 0 aliphatic carbocycles. The first-order valence-electron chi connectivity index (χ1n) is 9.70. The van der Waals surface area contributed by atoms with Crippen molar-refractivity contribution >= 4 is 33.1 Å². The Balaban J connectivity index is 1.66. The van der Waals surface area contributed by atoms with E-state index in [1.807, 2.05) is 108 Å². The van der Waals surface area contributed by atoms with Gasteiger partial charge < -0.3 is 9.88 Å². The molecule has 140 valence electrons. The fraction of sp³-hybridized carbons (Fsp3) is 0.0385. The SMILES string of the molecule is O=C(c1cccc2ccccc12)C(Nc1ccccc1)n1ccc2ccccc21. The van der Waals surface area contributed by atoms with Crippen molar-refractivity contribution in [2.45, 2.75) is 6.17 Å². The number of Topliss-reactive ketones (excluding diaryl/α,β-unsaturated/α-hetero) is 1. The van der Waals surface area contributed by atoms with Crippen LogP contribution in [0.4, 0.5) is 5.69 Å². The van der Waals surface area contributed by atoms with Gasteiger partial charge in [0.15, 0.2) is 6.17 Å². The summed E-state index contributed by atoms with van der Waals surface area (Å²) in [6.45, 7) is 0. The summed E-state index contributed by atoms with van der Waals surface area (Å²) in [6, 6.07) is 34.0. The molecular weight excluding hydrogens is 356 g/mol. The molecule has 1 aromatic heterocycles. The highest BCUT2D eigenvalue weighted by Crippen LogP contribution is 2.27. The summed E-state index contributed by atoms with van der Waals surface area (Å²) < 4.78 is 2.02. The van der Waals surface area contributed by atoms with Crippen molar-refractivity contribution in [2.24, 2.45) is 0 Å². The lowest BCUT2D eigenvalue weighted by atomic mass is 9.99. The van der Waals surface area contributed by atoms with Gasteiger partial charge in [-0.2, -0.15) is 0 Å². The first kappa shape index (κ1) is 17.3. The third-order valence-corrected chi connectivity index (χ3v) is 5.29. The van der Waals surface area contributed by atoms with Crippen molar-refractivity contribution in [1.82, 2.24) is 4.57 Å². The second-order valence-corrected chi connectivity index (χ2v) is 7.09. The zero-order valence-electron chi connectivity index (χ0n) is 15.8. The van der Waals surface area contributed by atoms with Crippen LogP contribution < -0.4 is 5.32 Å². The smallest absolute Gasteiger partial charge is 0.206 e.